The molecule has 3 N–H and O–H groups in total. The van der Waals surface area contributed by atoms with Crippen molar-refractivity contribution in [3.8, 4) is 0 Å². The Hall–Kier alpha value is -0.170. The van der Waals surface area contributed by atoms with E-state index >= 15 is 0 Å². The van der Waals surface area contributed by atoms with Gasteiger partial charge in [0.2, 0.25) is 10.0 Å². The standard InChI is InChI=1S/C25H53NO4S/c1-5-24(6-2,16-10-9-13-20-27)17-11-14-21-30-22-15-12-18-25(7-3,8-4)19-23-31(26,28)29/h27H,5-23H2,1-4H3,(H2,26,28,29). The average Bonchev–Trinajstić information content (AvgIpc) is 2.76. The maximum atomic E-state index is 11.3. The second kappa shape index (κ2) is 17.3. The second-order valence-corrected chi connectivity index (χ2v) is 11.3. The number of rotatable bonds is 22. The first-order valence-corrected chi connectivity index (χ1v) is 14.6. The molecule has 0 bridgehead atoms. The monoisotopic (exact) mass is 463 g/mol. The molecule has 0 saturated carbocycles. The van der Waals surface area contributed by atoms with Gasteiger partial charge in [-0.05, 0) is 55.8 Å². The van der Waals surface area contributed by atoms with E-state index in [0.717, 1.165) is 64.6 Å². The Morgan fingerprint density at radius 1 is 0.677 bits per heavy atom. The molecule has 0 rings (SSSR count). The molecule has 0 spiro atoms. The summed E-state index contributed by atoms with van der Waals surface area (Å²) in [6.45, 7) is 10.9. The van der Waals surface area contributed by atoms with Crippen molar-refractivity contribution in [1.82, 2.24) is 0 Å². The van der Waals surface area contributed by atoms with Crippen LogP contribution in [0.3, 0.4) is 0 Å². The Morgan fingerprint density at radius 3 is 1.48 bits per heavy atom. The van der Waals surface area contributed by atoms with Gasteiger partial charge in [-0.2, -0.15) is 0 Å². The number of primary sulfonamides is 1. The van der Waals surface area contributed by atoms with Gasteiger partial charge in [-0.25, -0.2) is 13.6 Å². The van der Waals surface area contributed by atoms with Crippen LogP contribution in [0.15, 0.2) is 0 Å². The van der Waals surface area contributed by atoms with Crippen LogP contribution in [0.1, 0.15) is 124 Å². The Labute approximate surface area is 194 Å². The topological polar surface area (TPSA) is 89.6 Å². The third kappa shape index (κ3) is 14.6. The van der Waals surface area contributed by atoms with Crippen molar-refractivity contribution in [2.24, 2.45) is 16.0 Å². The van der Waals surface area contributed by atoms with Crippen LogP contribution in [0.2, 0.25) is 0 Å². The van der Waals surface area contributed by atoms with Crippen LogP contribution in [0, 0.1) is 10.8 Å². The summed E-state index contributed by atoms with van der Waals surface area (Å²) < 4.78 is 28.6. The van der Waals surface area contributed by atoms with E-state index in [9.17, 15) is 8.42 Å². The predicted octanol–water partition coefficient (Wildman–Crippen LogP) is 6.19. The quantitative estimate of drug-likeness (QED) is 0.187. The SMILES string of the molecule is CCC(CC)(CCCCCO)CCCCOCCCCC(CC)(CC)CCS(N)(=O)=O. The van der Waals surface area contributed by atoms with E-state index in [1.165, 1.54) is 38.5 Å². The van der Waals surface area contributed by atoms with E-state index < -0.39 is 10.0 Å². The van der Waals surface area contributed by atoms with Gasteiger partial charge in [-0.15, -0.1) is 0 Å². The zero-order chi connectivity index (χ0) is 23.6. The molecule has 0 unspecified atom stereocenters. The van der Waals surface area contributed by atoms with E-state index in [0.29, 0.717) is 18.4 Å². The molecule has 31 heavy (non-hydrogen) atoms. The molecule has 188 valence electrons. The Kier molecular flexibility index (Phi) is 17.2. The third-order valence-electron chi connectivity index (χ3n) is 7.77. The average molecular weight is 464 g/mol. The fourth-order valence-electron chi connectivity index (χ4n) is 4.82. The molecule has 0 atom stereocenters. The van der Waals surface area contributed by atoms with Gasteiger partial charge in [0, 0.05) is 19.8 Å². The highest BCUT2D eigenvalue weighted by molar-refractivity contribution is 7.89. The first-order valence-electron chi connectivity index (χ1n) is 12.9. The Balaban J connectivity index is 4.02. The molecular formula is C25H53NO4S. The summed E-state index contributed by atoms with van der Waals surface area (Å²) in [6.07, 6.45) is 16.5. The molecular weight excluding hydrogens is 410 g/mol. The molecule has 0 saturated heterocycles. The van der Waals surface area contributed by atoms with Crippen molar-refractivity contribution >= 4 is 10.0 Å². The van der Waals surface area contributed by atoms with Gasteiger partial charge < -0.3 is 9.84 Å². The molecule has 0 aliphatic rings. The summed E-state index contributed by atoms with van der Waals surface area (Å²) in [5.41, 5.74) is 0.559. The van der Waals surface area contributed by atoms with Crippen molar-refractivity contribution in [2.75, 3.05) is 25.6 Å². The van der Waals surface area contributed by atoms with Gasteiger partial charge in [0.25, 0.3) is 0 Å². The maximum Gasteiger partial charge on any atom is 0.209 e. The normalized spacial score (nSPS) is 13.1. The number of nitrogens with two attached hydrogens (primary N) is 1. The van der Waals surface area contributed by atoms with Gasteiger partial charge in [0.15, 0.2) is 0 Å². The van der Waals surface area contributed by atoms with Crippen molar-refractivity contribution in [3.05, 3.63) is 0 Å². The molecule has 0 amide bonds. The van der Waals surface area contributed by atoms with E-state index in [1.54, 1.807) is 0 Å². The third-order valence-corrected chi connectivity index (χ3v) is 8.55. The Morgan fingerprint density at radius 2 is 1.10 bits per heavy atom. The summed E-state index contributed by atoms with van der Waals surface area (Å²) >= 11 is 0. The predicted molar refractivity (Wildman–Crippen MR) is 133 cm³/mol. The minimum absolute atomic E-state index is 0.0869. The summed E-state index contributed by atoms with van der Waals surface area (Å²) in [4.78, 5) is 0. The lowest BCUT2D eigenvalue weighted by atomic mass is 9.74. The number of sulfonamides is 1. The van der Waals surface area contributed by atoms with Crippen LogP contribution >= 0.6 is 0 Å². The summed E-state index contributed by atoms with van der Waals surface area (Å²) in [5, 5.41) is 14.2. The fraction of sp³-hybridized carbons (Fsp3) is 1.00. The molecule has 0 aromatic rings. The van der Waals surface area contributed by atoms with Crippen LogP contribution < -0.4 is 5.14 Å². The highest BCUT2D eigenvalue weighted by atomic mass is 32.2. The molecule has 0 aliphatic carbocycles. The van der Waals surface area contributed by atoms with Crippen molar-refractivity contribution in [2.45, 2.75) is 124 Å². The molecule has 6 heteroatoms. The lowest BCUT2D eigenvalue weighted by Gasteiger charge is -2.32. The number of hydrogen-bond acceptors (Lipinski definition) is 4. The second-order valence-electron chi connectivity index (χ2n) is 9.59. The molecule has 0 aliphatic heterocycles. The zero-order valence-electron chi connectivity index (χ0n) is 21.1. The number of unbranched alkanes of at least 4 members (excludes halogenated alkanes) is 4. The minimum atomic E-state index is -3.38. The van der Waals surface area contributed by atoms with E-state index in [1.807, 2.05) is 0 Å². The van der Waals surface area contributed by atoms with Crippen molar-refractivity contribution in [3.63, 3.8) is 0 Å². The van der Waals surface area contributed by atoms with Gasteiger partial charge in [-0.3, -0.25) is 0 Å². The summed E-state index contributed by atoms with van der Waals surface area (Å²) in [7, 11) is -3.38. The van der Waals surface area contributed by atoms with Crippen LogP contribution in [0.25, 0.3) is 0 Å². The number of aliphatic hydroxyl groups is 1. The lowest BCUT2D eigenvalue weighted by Crippen LogP contribution is -2.26. The number of ether oxygens (including phenoxy) is 1. The van der Waals surface area contributed by atoms with Crippen molar-refractivity contribution < 1.29 is 18.3 Å². The minimum Gasteiger partial charge on any atom is -0.396 e. The summed E-state index contributed by atoms with van der Waals surface area (Å²) in [5.74, 6) is 0.0869. The molecule has 0 fully saturated rings. The Bertz CT molecular complexity index is 514. The van der Waals surface area contributed by atoms with Crippen LogP contribution in [0.5, 0.6) is 0 Å². The smallest absolute Gasteiger partial charge is 0.209 e. The first-order chi connectivity index (χ1) is 14.7. The van der Waals surface area contributed by atoms with Gasteiger partial charge in [0.1, 0.15) is 0 Å². The van der Waals surface area contributed by atoms with Gasteiger partial charge in [0.05, 0.1) is 5.75 Å². The maximum absolute atomic E-state index is 11.3. The van der Waals surface area contributed by atoms with Crippen LogP contribution in [-0.4, -0.2) is 39.1 Å². The van der Waals surface area contributed by atoms with E-state index in [-0.39, 0.29) is 11.2 Å². The zero-order valence-corrected chi connectivity index (χ0v) is 21.9. The molecule has 5 nitrogen and oxygen atoms in total. The van der Waals surface area contributed by atoms with Gasteiger partial charge >= 0.3 is 0 Å². The molecule has 0 radical (unpaired) electrons. The van der Waals surface area contributed by atoms with E-state index in [2.05, 4.69) is 27.7 Å². The van der Waals surface area contributed by atoms with E-state index in [4.69, 9.17) is 15.0 Å². The van der Waals surface area contributed by atoms with Crippen LogP contribution in [-0.2, 0) is 14.8 Å². The highest BCUT2D eigenvalue weighted by Gasteiger charge is 2.27. The molecule has 0 aromatic heterocycles. The fourth-order valence-corrected chi connectivity index (χ4v) is 5.54. The number of hydrogen-bond donors (Lipinski definition) is 2. The highest BCUT2D eigenvalue weighted by Crippen LogP contribution is 2.38. The van der Waals surface area contributed by atoms with Crippen molar-refractivity contribution in [1.29, 1.82) is 0 Å². The summed E-state index contributed by atoms with van der Waals surface area (Å²) in [6, 6.07) is 0. The molecule has 0 aromatic carbocycles. The first kappa shape index (κ1) is 30.8. The number of aliphatic hydroxyl groups excluding tert-OH is 1. The van der Waals surface area contributed by atoms with Crippen LogP contribution in [0.4, 0.5) is 0 Å². The largest absolute Gasteiger partial charge is 0.396 e. The van der Waals surface area contributed by atoms with Gasteiger partial charge in [-0.1, -0.05) is 79.1 Å². The molecule has 0 heterocycles. The lowest BCUT2D eigenvalue weighted by molar-refractivity contribution is 0.114.